The second-order valence-electron chi connectivity index (χ2n) is 5.33. The van der Waals surface area contributed by atoms with Gasteiger partial charge in [0.2, 0.25) is 5.91 Å². The van der Waals surface area contributed by atoms with Crippen molar-refractivity contribution in [2.75, 3.05) is 5.32 Å². The molecule has 26 heavy (non-hydrogen) atoms. The van der Waals surface area contributed by atoms with E-state index < -0.39 is 16.6 Å². The van der Waals surface area contributed by atoms with Crippen molar-refractivity contribution >= 4 is 28.9 Å². The van der Waals surface area contributed by atoms with Gasteiger partial charge in [-0.3, -0.25) is 19.7 Å². The van der Waals surface area contributed by atoms with Crippen molar-refractivity contribution in [2.45, 2.75) is 13.3 Å². The van der Waals surface area contributed by atoms with Gasteiger partial charge in [0.1, 0.15) is 5.82 Å². The maximum Gasteiger partial charge on any atom is 0.271 e. The topological polar surface area (TPSA) is 114 Å². The molecule has 0 aliphatic rings. The molecule has 2 N–H and O–H groups in total. The number of amides is 2. The fraction of sp³-hybridized carbons (Fsp3) is 0.118. The number of anilines is 1. The smallest absolute Gasteiger partial charge is 0.271 e. The molecule has 0 aliphatic carbocycles. The summed E-state index contributed by atoms with van der Waals surface area (Å²) in [6, 6.07) is 10.5. The first kappa shape index (κ1) is 18.7. The minimum atomic E-state index is -0.632. The van der Waals surface area contributed by atoms with Crippen LogP contribution in [0.15, 0.2) is 53.6 Å². The first-order chi connectivity index (χ1) is 12.3. The molecule has 0 bridgehead atoms. The molecule has 0 fully saturated rings. The third-order valence-electron chi connectivity index (χ3n) is 3.21. The van der Waals surface area contributed by atoms with Crippen LogP contribution in [0, 0.1) is 15.9 Å². The van der Waals surface area contributed by atoms with Crippen molar-refractivity contribution in [3.05, 3.63) is 70.0 Å². The van der Waals surface area contributed by atoms with Gasteiger partial charge in [-0.15, -0.1) is 0 Å². The summed E-state index contributed by atoms with van der Waals surface area (Å²) in [5, 5.41) is 17.1. The van der Waals surface area contributed by atoms with Crippen LogP contribution in [-0.4, -0.2) is 22.4 Å². The van der Waals surface area contributed by atoms with E-state index >= 15 is 0 Å². The average Bonchev–Trinajstić information content (AvgIpc) is 2.61. The molecule has 0 atom stereocenters. The highest BCUT2D eigenvalue weighted by Crippen LogP contribution is 2.13. The summed E-state index contributed by atoms with van der Waals surface area (Å²) < 4.78 is 12.8. The largest absolute Gasteiger partial charge is 0.326 e. The molecule has 0 unspecified atom stereocenters. The lowest BCUT2D eigenvalue weighted by atomic mass is 10.2. The van der Waals surface area contributed by atoms with Gasteiger partial charge in [-0.25, -0.2) is 9.82 Å². The Morgan fingerprint density at radius 2 is 1.88 bits per heavy atom. The molecule has 9 heteroatoms. The number of hydrogen-bond donors (Lipinski definition) is 2. The van der Waals surface area contributed by atoms with Gasteiger partial charge < -0.3 is 5.32 Å². The number of nitro groups is 1. The van der Waals surface area contributed by atoms with E-state index in [1.807, 2.05) is 0 Å². The number of carbonyl (C=O) groups excluding carboxylic acids is 2. The van der Waals surface area contributed by atoms with Crippen LogP contribution < -0.4 is 10.7 Å². The standard InChI is InChI=1S/C17H15FN4O4/c1-11(9-16(23)19-14-7-5-13(18)6-8-14)20-21-17(24)12-3-2-4-15(10-12)22(25)26/h2-8,10H,9H2,1H3,(H,19,23)(H,21,24)/b20-11-. The Labute approximate surface area is 147 Å². The van der Waals surface area contributed by atoms with E-state index in [1.165, 1.54) is 49.4 Å². The van der Waals surface area contributed by atoms with E-state index in [4.69, 9.17) is 0 Å². The Morgan fingerprint density at radius 1 is 1.19 bits per heavy atom. The molecule has 134 valence electrons. The molecular formula is C17H15FN4O4. The zero-order valence-electron chi connectivity index (χ0n) is 13.7. The monoisotopic (exact) mass is 358 g/mol. The molecule has 0 spiro atoms. The maximum atomic E-state index is 12.8. The Bertz CT molecular complexity index is 865. The second kappa shape index (κ2) is 8.47. The molecule has 2 rings (SSSR count). The number of halogens is 1. The Morgan fingerprint density at radius 3 is 2.54 bits per heavy atom. The van der Waals surface area contributed by atoms with Gasteiger partial charge >= 0.3 is 0 Å². The van der Waals surface area contributed by atoms with Crippen LogP contribution >= 0.6 is 0 Å². The van der Waals surface area contributed by atoms with E-state index in [2.05, 4.69) is 15.8 Å². The molecule has 2 aromatic rings. The average molecular weight is 358 g/mol. The van der Waals surface area contributed by atoms with Crippen molar-refractivity contribution in [3.8, 4) is 0 Å². The lowest BCUT2D eigenvalue weighted by Gasteiger charge is -2.05. The third kappa shape index (κ3) is 5.48. The van der Waals surface area contributed by atoms with Gasteiger partial charge in [0.05, 0.1) is 11.3 Å². The highest BCUT2D eigenvalue weighted by atomic mass is 19.1. The molecule has 0 aromatic heterocycles. The van der Waals surface area contributed by atoms with Gasteiger partial charge in [-0.2, -0.15) is 5.10 Å². The third-order valence-corrected chi connectivity index (χ3v) is 3.21. The molecular weight excluding hydrogens is 343 g/mol. The predicted octanol–water partition coefficient (Wildman–Crippen LogP) is 2.87. The Balaban J connectivity index is 1.91. The summed E-state index contributed by atoms with van der Waals surface area (Å²) in [6.07, 6.45) is -0.0907. The van der Waals surface area contributed by atoms with Crippen LogP contribution in [0.4, 0.5) is 15.8 Å². The fourth-order valence-corrected chi connectivity index (χ4v) is 1.98. The lowest BCUT2D eigenvalue weighted by molar-refractivity contribution is -0.384. The number of benzene rings is 2. The Hall–Kier alpha value is -3.62. The van der Waals surface area contributed by atoms with Gasteiger partial charge in [-0.1, -0.05) is 6.07 Å². The summed E-state index contributed by atoms with van der Waals surface area (Å²) in [7, 11) is 0. The molecule has 0 radical (unpaired) electrons. The number of nitro benzene ring substituents is 1. The van der Waals surface area contributed by atoms with Gasteiger partial charge in [0.15, 0.2) is 0 Å². The highest BCUT2D eigenvalue weighted by Gasteiger charge is 2.11. The summed E-state index contributed by atoms with van der Waals surface area (Å²) >= 11 is 0. The van der Waals surface area contributed by atoms with Crippen LogP contribution in [0.2, 0.25) is 0 Å². The van der Waals surface area contributed by atoms with Crippen molar-refractivity contribution in [1.82, 2.24) is 5.43 Å². The minimum absolute atomic E-state index is 0.0755. The second-order valence-corrected chi connectivity index (χ2v) is 5.33. The SMILES string of the molecule is C/C(CC(=O)Nc1ccc(F)cc1)=N/NC(=O)c1cccc([N+](=O)[O-])c1. The van der Waals surface area contributed by atoms with E-state index in [0.717, 1.165) is 6.07 Å². The summed E-state index contributed by atoms with van der Waals surface area (Å²) in [4.78, 5) is 33.9. The number of carbonyl (C=O) groups is 2. The molecule has 2 aromatic carbocycles. The van der Waals surface area contributed by atoms with Gasteiger partial charge in [0, 0.05) is 29.1 Å². The van der Waals surface area contributed by atoms with E-state index in [9.17, 15) is 24.1 Å². The molecule has 0 aliphatic heterocycles. The fourth-order valence-electron chi connectivity index (χ4n) is 1.98. The van der Waals surface area contributed by atoms with Crippen molar-refractivity contribution < 1.29 is 18.9 Å². The molecule has 8 nitrogen and oxygen atoms in total. The van der Waals surface area contributed by atoms with E-state index in [-0.39, 0.29) is 23.6 Å². The van der Waals surface area contributed by atoms with Crippen LogP contribution in [0.5, 0.6) is 0 Å². The normalized spacial score (nSPS) is 10.9. The van der Waals surface area contributed by atoms with Crippen LogP contribution in [-0.2, 0) is 4.79 Å². The van der Waals surface area contributed by atoms with Crippen LogP contribution in [0.3, 0.4) is 0 Å². The summed E-state index contributed by atoms with van der Waals surface area (Å²) in [5.74, 6) is -1.43. The number of nitrogens with one attached hydrogen (secondary N) is 2. The van der Waals surface area contributed by atoms with Gasteiger partial charge in [-0.05, 0) is 37.3 Å². The zero-order valence-corrected chi connectivity index (χ0v) is 13.7. The summed E-state index contributed by atoms with van der Waals surface area (Å²) in [5.41, 5.74) is 2.86. The molecule has 0 saturated carbocycles. The lowest BCUT2D eigenvalue weighted by Crippen LogP contribution is -2.21. The number of rotatable bonds is 6. The van der Waals surface area contributed by atoms with Crippen LogP contribution in [0.1, 0.15) is 23.7 Å². The number of hydrogen-bond acceptors (Lipinski definition) is 5. The van der Waals surface area contributed by atoms with Crippen molar-refractivity contribution in [1.29, 1.82) is 0 Å². The number of non-ortho nitro benzene ring substituents is 1. The van der Waals surface area contributed by atoms with Gasteiger partial charge in [0.25, 0.3) is 11.6 Å². The van der Waals surface area contributed by atoms with E-state index in [1.54, 1.807) is 0 Å². The molecule has 2 amide bonds. The van der Waals surface area contributed by atoms with E-state index in [0.29, 0.717) is 11.4 Å². The minimum Gasteiger partial charge on any atom is -0.326 e. The number of nitrogens with zero attached hydrogens (tertiary/aromatic N) is 2. The van der Waals surface area contributed by atoms with Crippen LogP contribution in [0.25, 0.3) is 0 Å². The highest BCUT2D eigenvalue weighted by molar-refractivity contribution is 6.06. The first-order valence-electron chi connectivity index (χ1n) is 7.48. The molecule has 0 heterocycles. The first-order valence-corrected chi connectivity index (χ1v) is 7.48. The predicted molar refractivity (Wildman–Crippen MR) is 93.3 cm³/mol. The van der Waals surface area contributed by atoms with Crippen molar-refractivity contribution in [3.63, 3.8) is 0 Å². The molecule has 0 saturated heterocycles. The van der Waals surface area contributed by atoms with Crippen molar-refractivity contribution in [2.24, 2.45) is 5.10 Å². The number of hydrazone groups is 1. The zero-order chi connectivity index (χ0) is 19.1. The summed E-state index contributed by atoms with van der Waals surface area (Å²) in [6.45, 7) is 1.54. The maximum absolute atomic E-state index is 12.8. The quantitative estimate of drug-likeness (QED) is 0.469. The Kier molecular flexibility index (Phi) is 6.10.